The molecule has 0 N–H and O–H groups in total. The number of anilines is 2. The number of hydrogen-bond acceptors (Lipinski definition) is 7. The van der Waals surface area contributed by atoms with Gasteiger partial charge in [0.15, 0.2) is 5.13 Å². The minimum absolute atomic E-state index is 0.0991. The Morgan fingerprint density at radius 1 is 0.974 bits per heavy atom. The summed E-state index contributed by atoms with van der Waals surface area (Å²) < 4.78 is 39.9. The standard InChI is InChI=1S/C28H25N3O5S2/c1-3-31(21-9-5-4-6-10-21)38(33,34)23-16-14-20(15-17-23)27(32)30(19-22-11-8-18-36-22)28-29-26-24(35-2)12-7-13-25(26)37-28/h4-18H,3,19H2,1-2H3. The average molecular weight is 548 g/mol. The molecule has 1 amide bonds. The number of rotatable bonds is 9. The molecule has 3 aromatic carbocycles. The topological polar surface area (TPSA) is 93.0 Å². The fourth-order valence-electron chi connectivity index (χ4n) is 4.11. The zero-order chi connectivity index (χ0) is 26.7. The van der Waals surface area contributed by atoms with Crippen LogP contribution in [-0.2, 0) is 16.6 Å². The Kier molecular flexibility index (Phi) is 7.17. The van der Waals surface area contributed by atoms with E-state index in [1.165, 1.54) is 44.8 Å². The zero-order valence-electron chi connectivity index (χ0n) is 20.8. The van der Waals surface area contributed by atoms with Gasteiger partial charge in [-0.3, -0.25) is 14.0 Å². The van der Waals surface area contributed by atoms with E-state index in [0.717, 1.165) is 4.70 Å². The van der Waals surface area contributed by atoms with Crippen LogP contribution in [0.25, 0.3) is 10.2 Å². The molecular weight excluding hydrogens is 522 g/mol. The lowest BCUT2D eigenvalue weighted by atomic mass is 10.2. The van der Waals surface area contributed by atoms with E-state index in [1.807, 2.05) is 24.3 Å². The maximum Gasteiger partial charge on any atom is 0.264 e. The Labute approximate surface area is 224 Å². The van der Waals surface area contributed by atoms with Gasteiger partial charge < -0.3 is 9.15 Å². The van der Waals surface area contributed by atoms with Gasteiger partial charge in [-0.25, -0.2) is 13.4 Å². The fourth-order valence-corrected chi connectivity index (χ4v) is 6.57. The number of carbonyl (C=O) groups is 1. The quantitative estimate of drug-likeness (QED) is 0.226. The summed E-state index contributed by atoms with van der Waals surface area (Å²) >= 11 is 1.36. The molecule has 0 atom stereocenters. The van der Waals surface area contributed by atoms with E-state index in [4.69, 9.17) is 14.1 Å². The number of aromatic nitrogens is 1. The number of furan rings is 1. The molecule has 0 aliphatic heterocycles. The van der Waals surface area contributed by atoms with E-state index in [-0.39, 0.29) is 23.9 Å². The molecule has 0 bridgehead atoms. The highest BCUT2D eigenvalue weighted by molar-refractivity contribution is 7.92. The summed E-state index contributed by atoms with van der Waals surface area (Å²) in [5, 5.41) is 0.476. The van der Waals surface area contributed by atoms with Crippen LogP contribution >= 0.6 is 11.3 Å². The molecule has 8 nitrogen and oxygen atoms in total. The van der Waals surface area contributed by atoms with Crippen molar-refractivity contribution in [3.05, 3.63) is 103 Å². The van der Waals surface area contributed by atoms with Crippen molar-refractivity contribution in [3.8, 4) is 5.75 Å². The van der Waals surface area contributed by atoms with Crippen LogP contribution in [0.4, 0.5) is 10.8 Å². The molecule has 10 heteroatoms. The van der Waals surface area contributed by atoms with E-state index in [0.29, 0.717) is 33.4 Å². The van der Waals surface area contributed by atoms with Crippen LogP contribution in [0.5, 0.6) is 5.75 Å². The van der Waals surface area contributed by atoms with Crippen LogP contribution in [0, 0.1) is 0 Å². The molecule has 0 spiro atoms. The van der Waals surface area contributed by atoms with E-state index in [9.17, 15) is 13.2 Å². The average Bonchev–Trinajstić information content (AvgIpc) is 3.62. The summed E-state index contributed by atoms with van der Waals surface area (Å²) in [6, 6.07) is 24.0. The largest absolute Gasteiger partial charge is 0.494 e. The van der Waals surface area contributed by atoms with Crippen molar-refractivity contribution in [2.45, 2.75) is 18.4 Å². The number of amides is 1. The number of methoxy groups -OCH3 is 1. The molecular formula is C28H25N3O5S2. The fraction of sp³-hybridized carbons (Fsp3) is 0.143. The normalized spacial score (nSPS) is 11.4. The molecule has 5 aromatic rings. The molecule has 194 valence electrons. The predicted molar refractivity (Wildman–Crippen MR) is 148 cm³/mol. The van der Waals surface area contributed by atoms with E-state index in [1.54, 1.807) is 56.7 Å². The predicted octanol–water partition coefficient (Wildman–Crippen LogP) is 5.96. The molecule has 0 aliphatic carbocycles. The lowest BCUT2D eigenvalue weighted by molar-refractivity contribution is 0.0983. The van der Waals surface area contributed by atoms with Crippen LogP contribution < -0.4 is 13.9 Å². The summed E-state index contributed by atoms with van der Waals surface area (Å²) in [5.41, 5.74) is 1.56. The molecule has 0 aliphatic rings. The summed E-state index contributed by atoms with van der Waals surface area (Å²) in [6.45, 7) is 2.21. The monoisotopic (exact) mass is 547 g/mol. The molecule has 38 heavy (non-hydrogen) atoms. The van der Waals surface area contributed by atoms with Crippen molar-refractivity contribution in [2.75, 3.05) is 22.9 Å². The maximum atomic E-state index is 13.7. The van der Waals surface area contributed by atoms with Crippen molar-refractivity contribution in [3.63, 3.8) is 0 Å². The Morgan fingerprint density at radius 2 is 1.74 bits per heavy atom. The van der Waals surface area contributed by atoms with Gasteiger partial charge in [0.2, 0.25) is 0 Å². The summed E-state index contributed by atoms with van der Waals surface area (Å²) in [7, 11) is -2.24. The number of sulfonamides is 1. The van der Waals surface area contributed by atoms with Crippen LogP contribution in [0.2, 0.25) is 0 Å². The third-order valence-electron chi connectivity index (χ3n) is 5.98. The Bertz CT molecular complexity index is 1650. The Morgan fingerprint density at radius 3 is 2.39 bits per heavy atom. The van der Waals surface area contributed by atoms with Crippen molar-refractivity contribution in [1.82, 2.24) is 4.98 Å². The van der Waals surface area contributed by atoms with Crippen LogP contribution in [0.15, 0.2) is 101 Å². The molecule has 2 heterocycles. The van der Waals surface area contributed by atoms with Gasteiger partial charge >= 0.3 is 0 Å². The molecule has 5 rings (SSSR count). The maximum absolute atomic E-state index is 13.7. The molecule has 0 saturated heterocycles. The van der Waals surface area contributed by atoms with Crippen LogP contribution in [-0.4, -0.2) is 33.0 Å². The highest BCUT2D eigenvalue weighted by Crippen LogP contribution is 2.35. The van der Waals surface area contributed by atoms with Crippen molar-refractivity contribution in [1.29, 1.82) is 0 Å². The van der Waals surface area contributed by atoms with E-state index in [2.05, 4.69) is 0 Å². The Balaban J connectivity index is 1.48. The number of para-hydroxylation sites is 2. The minimum Gasteiger partial charge on any atom is -0.494 e. The van der Waals surface area contributed by atoms with Crippen molar-refractivity contribution in [2.24, 2.45) is 0 Å². The smallest absolute Gasteiger partial charge is 0.264 e. The molecule has 2 aromatic heterocycles. The highest BCUT2D eigenvalue weighted by Gasteiger charge is 2.26. The van der Waals surface area contributed by atoms with Gasteiger partial charge in [-0.15, -0.1) is 0 Å². The van der Waals surface area contributed by atoms with E-state index < -0.39 is 10.0 Å². The summed E-state index contributed by atoms with van der Waals surface area (Å²) in [6.07, 6.45) is 1.55. The number of benzene rings is 3. The van der Waals surface area contributed by atoms with Crippen molar-refractivity contribution < 1.29 is 22.4 Å². The number of thiazole rings is 1. The second-order valence-electron chi connectivity index (χ2n) is 8.30. The van der Waals surface area contributed by atoms with Gasteiger partial charge in [0.25, 0.3) is 15.9 Å². The molecule has 0 unspecified atom stereocenters. The van der Waals surface area contributed by atoms with Gasteiger partial charge in [0.05, 0.1) is 35.2 Å². The molecule has 0 fully saturated rings. The molecule has 0 saturated carbocycles. The first kappa shape index (κ1) is 25.5. The highest BCUT2D eigenvalue weighted by atomic mass is 32.2. The van der Waals surface area contributed by atoms with Gasteiger partial charge in [-0.05, 0) is 67.6 Å². The number of carbonyl (C=O) groups excluding carboxylic acids is 1. The SMILES string of the molecule is CCN(c1ccccc1)S(=O)(=O)c1ccc(C(=O)N(Cc2ccco2)c2nc3c(OC)cccc3s2)cc1. The van der Waals surface area contributed by atoms with Crippen molar-refractivity contribution >= 4 is 48.3 Å². The second kappa shape index (κ2) is 10.7. The van der Waals surface area contributed by atoms with Gasteiger partial charge in [-0.2, -0.15) is 0 Å². The first-order chi connectivity index (χ1) is 18.4. The Hall–Kier alpha value is -4.15. The summed E-state index contributed by atoms with van der Waals surface area (Å²) in [4.78, 5) is 20.0. The lowest BCUT2D eigenvalue weighted by Crippen LogP contribution is -2.31. The third kappa shape index (κ3) is 4.88. The van der Waals surface area contributed by atoms with Crippen LogP contribution in [0.3, 0.4) is 0 Å². The first-order valence-electron chi connectivity index (χ1n) is 11.9. The van der Waals surface area contributed by atoms with Gasteiger partial charge in [0, 0.05) is 12.1 Å². The third-order valence-corrected chi connectivity index (χ3v) is 8.94. The minimum atomic E-state index is -3.82. The number of ether oxygens (including phenoxy) is 1. The first-order valence-corrected chi connectivity index (χ1v) is 14.1. The molecule has 0 radical (unpaired) electrons. The zero-order valence-corrected chi connectivity index (χ0v) is 22.4. The number of hydrogen-bond donors (Lipinski definition) is 0. The number of fused-ring (bicyclic) bond motifs is 1. The number of nitrogens with zero attached hydrogens (tertiary/aromatic N) is 3. The second-order valence-corrected chi connectivity index (χ2v) is 11.2. The lowest BCUT2D eigenvalue weighted by Gasteiger charge is -2.23. The van der Waals surface area contributed by atoms with Gasteiger partial charge in [0.1, 0.15) is 17.0 Å². The van der Waals surface area contributed by atoms with E-state index >= 15 is 0 Å². The van der Waals surface area contributed by atoms with Crippen LogP contribution in [0.1, 0.15) is 23.0 Å². The summed E-state index contributed by atoms with van der Waals surface area (Å²) in [5.74, 6) is 0.868. The van der Waals surface area contributed by atoms with Gasteiger partial charge in [-0.1, -0.05) is 35.6 Å².